The van der Waals surface area contributed by atoms with Crippen LogP contribution in [0, 0.1) is 11.8 Å². The van der Waals surface area contributed by atoms with Crippen LogP contribution < -0.4 is 10.6 Å². The second-order valence-corrected chi connectivity index (χ2v) is 4.91. The molecule has 0 spiro atoms. The van der Waals surface area contributed by atoms with Gasteiger partial charge in [0, 0.05) is 13.1 Å². The van der Waals surface area contributed by atoms with Gasteiger partial charge in [0.05, 0.1) is 12.7 Å². The van der Waals surface area contributed by atoms with Crippen molar-refractivity contribution in [3.8, 4) is 0 Å². The first kappa shape index (κ1) is 12.9. The SMILES string of the molecule is CC(C)C(C)CNCCC1CNCCO1. The summed E-state index contributed by atoms with van der Waals surface area (Å²) in [6, 6.07) is 0. The summed E-state index contributed by atoms with van der Waals surface area (Å²) in [5.41, 5.74) is 0. The van der Waals surface area contributed by atoms with Crippen LogP contribution in [0.5, 0.6) is 0 Å². The van der Waals surface area contributed by atoms with Crippen LogP contribution in [0.1, 0.15) is 27.2 Å². The normalized spacial score (nSPS) is 24.4. The van der Waals surface area contributed by atoms with Gasteiger partial charge in [0.15, 0.2) is 0 Å². The minimum Gasteiger partial charge on any atom is -0.376 e. The second kappa shape index (κ2) is 7.20. The summed E-state index contributed by atoms with van der Waals surface area (Å²) in [6.07, 6.45) is 1.54. The molecule has 0 aliphatic carbocycles. The van der Waals surface area contributed by atoms with E-state index in [1.165, 1.54) is 0 Å². The van der Waals surface area contributed by atoms with Crippen molar-refractivity contribution in [2.75, 3.05) is 32.8 Å². The minimum absolute atomic E-state index is 0.417. The topological polar surface area (TPSA) is 33.3 Å². The Hall–Kier alpha value is -0.120. The van der Waals surface area contributed by atoms with Gasteiger partial charge in [0.2, 0.25) is 0 Å². The molecule has 0 radical (unpaired) electrons. The van der Waals surface area contributed by atoms with Gasteiger partial charge < -0.3 is 15.4 Å². The molecule has 1 fully saturated rings. The standard InChI is InChI=1S/C12H26N2O/c1-10(2)11(3)8-13-5-4-12-9-14-6-7-15-12/h10-14H,4-9H2,1-3H3. The Balaban J connectivity index is 1.96. The third kappa shape index (κ3) is 5.50. The average Bonchev–Trinajstić information content (AvgIpc) is 2.25. The van der Waals surface area contributed by atoms with Gasteiger partial charge in [0.25, 0.3) is 0 Å². The molecule has 0 bridgehead atoms. The van der Waals surface area contributed by atoms with Crippen LogP contribution in [0.15, 0.2) is 0 Å². The molecule has 0 aromatic carbocycles. The zero-order valence-electron chi connectivity index (χ0n) is 10.4. The predicted octanol–water partition coefficient (Wildman–Crippen LogP) is 1.25. The van der Waals surface area contributed by atoms with Crippen molar-refractivity contribution in [3.63, 3.8) is 0 Å². The van der Waals surface area contributed by atoms with E-state index >= 15 is 0 Å². The third-order valence-electron chi connectivity index (χ3n) is 3.25. The Labute approximate surface area is 94.0 Å². The van der Waals surface area contributed by atoms with Gasteiger partial charge in [-0.25, -0.2) is 0 Å². The lowest BCUT2D eigenvalue weighted by molar-refractivity contribution is 0.0237. The summed E-state index contributed by atoms with van der Waals surface area (Å²) < 4.78 is 5.63. The van der Waals surface area contributed by atoms with Crippen molar-refractivity contribution >= 4 is 0 Å². The summed E-state index contributed by atoms with van der Waals surface area (Å²) in [5.74, 6) is 1.53. The fraction of sp³-hybridized carbons (Fsp3) is 1.00. The predicted molar refractivity (Wildman–Crippen MR) is 64.1 cm³/mol. The molecule has 2 unspecified atom stereocenters. The zero-order valence-corrected chi connectivity index (χ0v) is 10.4. The summed E-state index contributed by atoms with van der Waals surface area (Å²) in [7, 11) is 0. The Kier molecular flexibility index (Phi) is 6.22. The molecule has 2 N–H and O–H groups in total. The fourth-order valence-electron chi connectivity index (χ4n) is 1.63. The van der Waals surface area contributed by atoms with Crippen LogP contribution in [0.25, 0.3) is 0 Å². The van der Waals surface area contributed by atoms with Crippen LogP contribution >= 0.6 is 0 Å². The molecule has 15 heavy (non-hydrogen) atoms. The Bertz CT molecular complexity index is 156. The van der Waals surface area contributed by atoms with Gasteiger partial charge in [-0.3, -0.25) is 0 Å². The molecular weight excluding hydrogens is 188 g/mol. The maximum atomic E-state index is 5.63. The minimum atomic E-state index is 0.417. The first-order valence-electron chi connectivity index (χ1n) is 6.23. The number of rotatable bonds is 6. The summed E-state index contributed by atoms with van der Waals surface area (Å²) in [4.78, 5) is 0. The maximum Gasteiger partial charge on any atom is 0.0712 e. The lowest BCUT2D eigenvalue weighted by Crippen LogP contribution is -2.40. The highest BCUT2D eigenvalue weighted by Crippen LogP contribution is 2.07. The number of ether oxygens (including phenoxy) is 1. The van der Waals surface area contributed by atoms with Crippen molar-refractivity contribution in [1.29, 1.82) is 0 Å². The Morgan fingerprint density at radius 1 is 1.40 bits per heavy atom. The molecular formula is C12H26N2O. The molecule has 0 aromatic heterocycles. The quantitative estimate of drug-likeness (QED) is 0.653. The molecule has 1 aliphatic heterocycles. The number of hydrogen-bond acceptors (Lipinski definition) is 3. The number of morpholine rings is 1. The molecule has 1 saturated heterocycles. The maximum absolute atomic E-state index is 5.63. The van der Waals surface area contributed by atoms with E-state index in [0.29, 0.717) is 6.10 Å². The van der Waals surface area contributed by atoms with Crippen molar-refractivity contribution < 1.29 is 4.74 Å². The van der Waals surface area contributed by atoms with Crippen molar-refractivity contribution in [2.24, 2.45) is 11.8 Å². The highest BCUT2D eigenvalue weighted by molar-refractivity contribution is 4.69. The smallest absolute Gasteiger partial charge is 0.0712 e. The van der Waals surface area contributed by atoms with Gasteiger partial charge in [0.1, 0.15) is 0 Å². The lowest BCUT2D eigenvalue weighted by atomic mass is 9.98. The zero-order chi connectivity index (χ0) is 11.1. The summed E-state index contributed by atoms with van der Waals surface area (Å²) >= 11 is 0. The fourth-order valence-corrected chi connectivity index (χ4v) is 1.63. The highest BCUT2D eigenvalue weighted by atomic mass is 16.5. The summed E-state index contributed by atoms with van der Waals surface area (Å²) in [5, 5.41) is 6.86. The van der Waals surface area contributed by atoms with E-state index < -0.39 is 0 Å². The van der Waals surface area contributed by atoms with E-state index in [-0.39, 0.29) is 0 Å². The van der Waals surface area contributed by atoms with E-state index in [2.05, 4.69) is 31.4 Å². The van der Waals surface area contributed by atoms with Crippen LogP contribution in [0.4, 0.5) is 0 Å². The first-order valence-corrected chi connectivity index (χ1v) is 6.23. The van der Waals surface area contributed by atoms with Crippen LogP contribution in [-0.4, -0.2) is 38.9 Å². The molecule has 3 heteroatoms. The molecule has 0 amide bonds. The van der Waals surface area contributed by atoms with Gasteiger partial charge in [-0.05, 0) is 31.3 Å². The molecule has 90 valence electrons. The van der Waals surface area contributed by atoms with E-state index in [1.54, 1.807) is 0 Å². The lowest BCUT2D eigenvalue weighted by Gasteiger charge is -2.24. The molecule has 1 rings (SSSR count). The van der Waals surface area contributed by atoms with Crippen LogP contribution in [0.3, 0.4) is 0 Å². The van der Waals surface area contributed by atoms with E-state index in [9.17, 15) is 0 Å². The van der Waals surface area contributed by atoms with Gasteiger partial charge in [-0.1, -0.05) is 20.8 Å². The molecule has 1 heterocycles. The molecule has 0 aromatic rings. The van der Waals surface area contributed by atoms with Crippen molar-refractivity contribution in [1.82, 2.24) is 10.6 Å². The summed E-state index contributed by atoms with van der Waals surface area (Å²) in [6.45, 7) is 11.9. The van der Waals surface area contributed by atoms with E-state index in [1.807, 2.05) is 0 Å². The molecule has 1 aliphatic rings. The third-order valence-corrected chi connectivity index (χ3v) is 3.25. The van der Waals surface area contributed by atoms with Gasteiger partial charge in [-0.15, -0.1) is 0 Å². The highest BCUT2D eigenvalue weighted by Gasteiger charge is 2.12. The Morgan fingerprint density at radius 2 is 2.20 bits per heavy atom. The van der Waals surface area contributed by atoms with Gasteiger partial charge in [-0.2, -0.15) is 0 Å². The average molecular weight is 214 g/mol. The number of nitrogens with one attached hydrogen (secondary N) is 2. The Morgan fingerprint density at radius 3 is 2.80 bits per heavy atom. The first-order chi connectivity index (χ1) is 7.20. The molecule has 0 saturated carbocycles. The van der Waals surface area contributed by atoms with E-state index in [4.69, 9.17) is 4.74 Å². The van der Waals surface area contributed by atoms with Crippen LogP contribution in [-0.2, 0) is 4.74 Å². The molecule has 2 atom stereocenters. The van der Waals surface area contributed by atoms with Crippen molar-refractivity contribution in [2.45, 2.75) is 33.3 Å². The van der Waals surface area contributed by atoms with Crippen molar-refractivity contribution in [3.05, 3.63) is 0 Å². The second-order valence-electron chi connectivity index (χ2n) is 4.91. The molecule has 3 nitrogen and oxygen atoms in total. The van der Waals surface area contributed by atoms with Crippen LogP contribution in [0.2, 0.25) is 0 Å². The van der Waals surface area contributed by atoms with E-state index in [0.717, 1.165) is 51.0 Å². The largest absolute Gasteiger partial charge is 0.376 e. The van der Waals surface area contributed by atoms with Gasteiger partial charge >= 0.3 is 0 Å². The monoisotopic (exact) mass is 214 g/mol. The number of hydrogen-bond donors (Lipinski definition) is 2.